The van der Waals surface area contributed by atoms with Gasteiger partial charge >= 0.3 is 0 Å². The fourth-order valence-corrected chi connectivity index (χ4v) is 1.22. The summed E-state index contributed by atoms with van der Waals surface area (Å²) in [5.74, 6) is 2.01. The Bertz CT molecular complexity index is 180. The van der Waals surface area contributed by atoms with E-state index in [1.54, 1.807) is 0 Å². The van der Waals surface area contributed by atoms with Gasteiger partial charge in [0.05, 0.1) is 0 Å². The first-order chi connectivity index (χ1) is 5.52. The second kappa shape index (κ2) is 3.46. The Balaban J connectivity index is 1.95. The summed E-state index contributed by atoms with van der Waals surface area (Å²) < 4.78 is 0. The summed E-state index contributed by atoms with van der Waals surface area (Å²) in [6.07, 6.45) is 2.56. The van der Waals surface area contributed by atoms with Gasteiger partial charge in [-0.05, 0) is 32.6 Å². The molecule has 1 aliphatic heterocycles. The van der Waals surface area contributed by atoms with Crippen molar-refractivity contribution in [1.29, 1.82) is 0 Å². The molecule has 1 heterocycles. The molecule has 1 N–H and O–H groups in total. The first-order valence-electron chi connectivity index (χ1n) is 4.86. The first kappa shape index (κ1) is 9.56. The number of hydrogen-bond acceptors (Lipinski definition) is 2. The molecular formula is C10H20N2. The van der Waals surface area contributed by atoms with Crippen molar-refractivity contribution in [1.82, 2.24) is 5.32 Å². The standard InChI is InChI=1S/C10H20N2/c1-8(2)6-5-7-11-9-10(3,4)12-9/h8H,5-7H2,1-4H3,(H,11,12). The Morgan fingerprint density at radius 3 is 2.42 bits per heavy atom. The van der Waals surface area contributed by atoms with Crippen molar-refractivity contribution in [3.05, 3.63) is 0 Å². The highest BCUT2D eigenvalue weighted by Crippen LogP contribution is 2.23. The van der Waals surface area contributed by atoms with Crippen LogP contribution in [0.4, 0.5) is 0 Å². The highest BCUT2D eigenvalue weighted by atomic mass is 15.2. The minimum absolute atomic E-state index is 0.137. The van der Waals surface area contributed by atoms with Crippen LogP contribution in [0, 0.1) is 5.92 Å². The summed E-state index contributed by atoms with van der Waals surface area (Å²) in [6.45, 7) is 9.88. The molecule has 1 aliphatic rings. The molecule has 0 aromatic carbocycles. The normalized spacial score (nSPS) is 19.2. The van der Waals surface area contributed by atoms with Gasteiger partial charge in [-0.15, -0.1) is 0 Å². The highest BCUT2D eigenvalue weighted by Gasteiger charge is 2.36. The Kier molecular flexibility index (Phi) is 2.76. The molecule has 0 bridgehead atoms. The molecule has 0 saturated carbocycles. The molecular weight excluding hydrogens is 148 g/mol. The molecule has 70 valence electrons. The van der Waals surface area contributed by atoms with Crippen molar-refractivity contribution >= 4 is 5.84 Å². The lowest BCUT2D eigenvalue weighted by molar-refractivity contribution is 0.551. The van der Waals surface area contributed by atoms with Crippen LogP contribution in [0.15, 0.2) is 4.99 Å². The van der Waals surface area contributed by atoms with Crippen LogP contribution in [0.5, 0.6) is 0 Å². The van der Waals surface area contributed by atoms with Gasteiger partial charge in [0.1, 0.15) is 11.4 Å². The monoisotopic (exact) mass is 168 g/mol. The van der Waals surface area contributed by atoms with Gasteiger partial charge in [0, 0.05) is 6.54 Å². The third-order valence-corrected chi connectivity index (χ3v) is 2.17. The van der Waals surface area contributed by atoms with Gasteiger partial charge in [-0.2, -0.15) is 0 Å². The second-order valence-corrected chi connectivity index (χ2v) is 4.48. The first-order valence-corrected chi connectivity index (χ1v) is 4.86. The van der Waals surface area contributed by atoms with Gasteiger partial charge in [-0.1, -0.05) is 13.8 Å². The summed E-state index contributed by atoms with van der Waals surface area (Å²) in [4.78, 5) is 4.31. The molecule has 0 spiro atoms. The number of aliphatic imine (C=N–C) groups is 1. The fraction of sp³-hybridized carbons (Fsp3) is 0.900. The minimum Gasteiger partial charge on any atom is -0.372 e. The summed E-state index contributed by atoms with van der Waals surface area (Å²) in [7, 11) is 0. The van der Waals surface area contributed by atoms with E-state index in [1.807, 2.05) is 0 Å². The predicted octanol–water partition coefficient (Wildman–Crippen LogP) is 2.20. The van der Waals surface area contributed by atoms with Gasteiger partial charge in [-0.25, -0.2) is 0 Å². The average Bonchev–Trinajstić information content (AvgIpc) is 2.51. The van der Waals surface area contributed by atoms with E-state index in [0.717, 1.165) is 12.5 Å². The zero-order chi connectivity index (χ0) is 9.19. The zero-order valence-electron chi connectivity index (χ0n) is 8.65. The van der Waals surface area contributed by atoms with E-state index in [9.17, 15) is 0 Å². The van der Waals surface area contributed by atoms with Gasteiger partial charge < -0.3 is 5.32 Å². The van der Waals surface area contributed by atoms with Crippen LogP contribution in [-0.2, 0) is 0 Å². The molecule has 0 fully saturated rings. The molecule has 0 unspecified atom stereocenters. The van der Waals surface area contributed by atoms with E-state index in [-0.39, 0.29) is 5.54 Å². The smallest absolute Gasteiger partial charge is 0.125 e. The molecule has 2 heteroatoms. The maximum atomic E-state index is 4.31. The summed E-state index contributed by atoms with van der Waals surface area (Å²) in [5, 5.41) is 3.35. The molecule has 0 aliphatic carbocycles. The Morgan fingerprint density at radius 1 is 1.42 bits per heavy atom. The van der Waals surface area contributed by atoms with Gasteiger partial charge in [0.15, 0.2) is 0 Å². The van der Waals surface area contributed by atoms with Gasteiger partial charge in [-0.3, -0.25) is 4.99 Å². The molecule has 0 aromatic heterocycles. The molecule has 0 atom stereocenters. The number of nitrogens with zero attached hydrogens (tertiary/aromatic N) is 1. The molecule has 0 aromatic rings. The largest absolute Gasteiger partial charge is 0.372 e. The van der Waals surface area contributed by atoms with Crippen LogP contribution in [-0.4, -0.2) is 17.9 Å². The van der Waals surface area contributed by atoms with Crippen LogP contribution >= 0.6 is 0 Å². The van der Waals surface area contributed by atoms with E-state index in [1.165, 1.54) is 18.7 Å². The number of nitrogens with one attached hydrogen (secondary N) is 1. The molecule has 2 nitrogen and oxygen atoms in total. The fourth-order valence-electron chi connectivity index (χ4n) is 1.22. The van der Waals surface area contributed by atoms with Crippen LogP contribution in [0.3, 0.4) is 0 Å². The van der Waals surface area contributed by atoms with Crippen LogP contribution < -0.4 is 5.32 Å². The highest BCUT2D eigenvalue weighted by molar-refractivity contribution is 6.02. The molecule has 0 radical (unpaired) electrons. The van der Waals surface area contributed by atoms with E-state index in [0.29, 0.717) is 0 Å². The van der Waals surface area contributed by atoms with Crippen molar-refractivity contribution in [2.45, 2.75) is 46.1 Å². The average molecular weight is 168 g/mol. The lowest BCUT2D eigenvalue weighted by Crippen LogP contribution is -2.25. The van der Waals surface area contributed by atoms with Crippen molar-refractivity contribution in [2.75, 3.05) is 6.54 Å². The second-order valence-electron chi connectivity index (χ2n) is 4.48. The minimum atomic E-state index is 0.137. The third kappa shape index (κ3) is 2.84. The number of amidine groups is 1. The third-order valence-electron chi connectivity index (χ3n) is 2.17. The van der Waals surface area contributed by atoms with E-state index in [2.05, 4.69) is 38.0 Å². The van der Waals surface area contributed by atoms with E-state index >= 15 is 0 Å². The summed E-state index contributed by atoms with van der Waals surface area (Å²) in [5.41, 5.74) is 0.137. The van der Waals surface area contributed by atoms with Gasteiger partial charge in [0.25, 0.3) is 0 Å². The Hall–Kier alpha value is -0.530. The SMILES string of the molecule is CC(C)CCCNC1=NC1(C)C. The lowest BCUT2D eigenvalue weighted by Gasteiger charge is -2.05. The Labute approximate surface area is 75.5 Å². The van der Waals surface area contributed by atoms with Crippen molar-refractivity contribution in [2.24, 2.45) is 10.9 Å². The predicted molar refractivity (Wildman–Crippen MR) is 53.6 cm³/mol. The topological polar surface area (TPSA) is 24.4 Å². The maximum absolute atomic E-state index is 4.31. The number of hydrogen-bond donors (Lipinski definition) is 1. The zero-order valence-corrected chi connectivity index (χ0v) is 8.65. The van der Waals surface area contributed by atoms with Crippen LogP contribution in [0.25, 0.3) is 0 Å². The van der Waals surface area contributed by atoms with E-state index in [4.69, 9.17) is 0 Å². The lowest BCUT2D eigenvalue weighted by atomic mass is 10.1. The maximum Gasteiger partial charge on any atom is 0.125 e. The van der Waals surface area contributed by atoms with Crippen molar-refractivity contribution in [3.8, 4) is 0 Å². The summed E-state index contributed by atoms with van der Waals surface area (Å²) >= 11 is 0. The molecule has 0 amide bonds. The summed E-state index contributed by atoms with van der Waals surface area (Å²) in [6, 6.07) is 0. The quantitative estimate of drug-likeness (QED) is 0.639. The Morgan fingerprint density at radius 2 is 2.00 bits per heavy atom. The molecule has 1 rings (SSSR count). The van der Waals surface area contributed by atoms with Gasteiger partial charge in [0.2, 0.25) is 0 Å². The van der Waals surface area contributed by atoms with Crippen molar-refractivity contribution in [3.63, 3.8) is 0 Å². The number of rotatable bonds is 4. The van der Waals surface area contributed by atoms with Crippen LogP contribution in [0.2, 0.25) is 0 Å². The van der Waals surface area contributed by atoms with Crippen molar-refractivity contribution < 1.29 is 0 Å². The molecule has 0 saturated heterocycles. The molecule has 12 heavy (non-hydrogen) atoms. The van der Waals surface area contributed by atoms with Crippen LogP contribution in [0.1, 0.15) is 40.5 Å². The van der Waals surface area contributed by atoms with E-state index < -0.39 is 0 Å².